The summed E-state index contributed by atoms with van der Waals surface area (Å²) in [7, 11) is 1.62. The highest BCUT2D eigenvalue weighted by Crippen LogP contribution is 2.28. The number of halogens is 1. The fourth-order valence-corrected chi connectivity index (χ4v) is 3.63. The van der Waals surface area contributed by atoms with Crippen LogP contribution in [-0.4, -0.2) is 30.2 Å². The number of benzene rings is 1. The van der Waals surface area contributed by atoms with Gasteiger partial charge in [-0.3, -0.25) is 4.90 Å². The van der Waals surface area contributed by atoms with Crippen molar-refractivity contribution in [2.24, 2.45) is 0 Å². The molecule has 0 bridgehead atoms. The van der Waals surface area contributed by atoms with Gasteiger partial charge in [0.25, 0.3) is 0 Å². The SMILES string of the molecule is C=CCN(Cc1ccc(Cl)s1)CC(O)c1cc(C)ccc1OC. The monoisotopic (exact) mass is 351 g/mol. The smallest absolute Gasteiger partial charge is 0.124 e. The molecule has 0 saturated heterocycles. The molecule has 1 N–H and O–H groups in total. The third-order valence-corrected chi connectivity index (χ3v) is 4.79. The first-order chi connectivity index (χ1) is 11.0. The minimum atomic E-state index is -0.625. The Bertz CT molecular complexity index is 656. The van der Waals surface area contributed by atoms with E-state index in [9.17, 15) is 5.11 Å². The van der Waals surface area contributed by atoms with Gasteiger partial charge in [-0.2, -0.15) is 0 Å². The van der Waals surface area contributed by atoms with Gasteiger partial charge in [-0.05, 0) is 31.2 Å². The Balaban J connectivity index is 2.12. The maximum absolute atomic E-state index is 10.7. The molecule has 23 heavy (non-hydrogen) atoms. The molecular weight excluding hydrogens is 330 g/mol. The Hall–Kier alpha value is -1.33. The number of methoxy groups -OCH3 is 1. The van der Waals surface area contributed by atoms with E-state index in [2.05, 4.69) is 11.5 Å². The van der Waals surface area contributed by atoms with Crippen molar-refractivity contribution in [3.63, 3.8) is 0 Å². The van der Waals surface area contributed by atoms with E-state index < -0.39 is 6.10 Å². The maximum atomic E-state index is 10.7. The third kappa shape index (κ3) is 5.08. The normalized spacial score (nSPS) is 12.4. The van der Waals surface area contributed by atoms with Crippen molar-refractivity contribution in [2.75, 3.05) is 20.2 Å². The van der Waals surface area contributed by atoms with Gasteiger partial charge in [-0.25, -0.2) is 0 Å². The third-order valence-electron chi connectivity index (χ3n) is 3.57. The minimum absolute atomic E-state index is 0.501. The Labute approximate surface area is 146 Å². The highest BCUT2D eigenvalue weighted by atomic mass is 35.5. The van der Waals surface area contributed by atoms with E-state index in [-0.39, 0.29) is 0 Å². The molecule has 124 valence electrons. The van der Waals surface area contributed by atoms with Crippen molar-refractivity contribution < 1.29 is 9.84 Å². The molecule has 3 nitrogen and oxygen atoms in total. The van der Waals surface area contributed by atoms with Crippen LogP contribution in [0.15, 0.2) is 43.0 Å². The summed E-state index contributed by atoms with van der Waals surface area (Å²) in [6.07, 6.45) is 1.22. The number of aryl methyl sites for hydroxylation is 1. The van der Waals surface area contributed by atoms with Crippen molar-refractivity contribution in [3.8, 4) is 5.75 Å². The Kier molecular flexibility index (Phi) is 6.66. The van der Waals surface area contributed by atoms with Crippen LogP contribution in [-0.2, 0) is 6.54 Å². The van der Waals surface area contributed by atoms with Gasteiger partial charge in [-0.1, -0.05) is 29.3 Å². The van der Waals surface area contributed by atoms with Crippen molar-refractivity contribution >= 4 is 22.9 Å². The summed E-state index contributed by atoms with van der Waals surface area (Å²) in [5, 5.41) is 10.7. The second kappa shape index (κ2) is 8.50. The zero-order chi connectivity index (χ0) is 16.8. The summed E-state index contributed by atoms with van der Waals surface area (Å²) in [4.78, 5) is 3.31. The predicted molar refractivity (Wildman–Crippen MR) is 97.5 cm³/mol. The summed E-state index contributed by atoms with van der Waals surface area (Å²) in [6.45, 7) is 7.74. The van der Waals surface area contributed by atoms with Crippen molar-refractivity contribution in [3.05, 3.63) is 63.3 Å². The lowest BCUT2D eigenvalue weighted by Gasteiger charge is -2.24. The van der Waals surface area contributed by atoms with Crippen LogP contribution in [0, 0.1) is 6.92 Å². The topological polar surface area (TPSA) is 32.7 Å². The van der Waals surface area contributed by atoms with Crippen LogP contribution < -0.4 is 4.74 Å². The second-order valence-corrected chi connectivity index (χ2v) is 7.25. The number of hydrogen-bond donors (Lipinski definition) is 1. The van der Waals surface area contributed by atoms with Crippen molar-refractivity contribution in [2.45, 2.75) is 19.6 Å². The van der Waals surface area contributed by atoms with Gasteiger partial charge in [0, 0.05) is 30.1 Å². The van der Waals surface area contributed by atoms with Gasteiger partial charge in [-0.15, -0.1) is 17.9 Å². The summed E-state index contributed by atoms with van der Waals surface area (Å²) in [5.74, 6) is 0.709. The lowest BCUT2D eigenvalue weighted by molar-refractivity contribution is 0.114. The van der Waals surface area contributed by atoms with E-state index in [0.29, 0.717) is 18.8 Å². The first kappa shape index (κ1) is 18.0. The van der Waals surface area contributed by atoms with Crippen LogP contribution in [0.4, 0.5) is 0 Å². The fraction of sp³-hybridized carbons (Fsp3) is 0.333. The quantitative estimate of drug-likeness (QED) is 0.713. The molecule has 0 saturated carbocycles. The van der Waals surface area contributed by atoms with Crippen LogP contribution in [0.1, 0.15) is 22.1 Å². The second-order valence-electron chi connectivity index (χ2n) is 5.45. The molecular formula is C18H22ClNO2S. The van der Waals surface area contributed by atoms with Gasteiger partial charge in [0.05, 0.1) is 17.6 Å². The van der Waals surface area contributed by atoms with E-state index in [4.69, 9.17) is 16.3 Å². The van der Waals surface area contributed by atoms with E-state index in [0.717, 1.165) is 22.0 Å². The molecule has 0 fully saturated rings. The molecule has 2 aromatic rings. The highest BCUT2D eigenvalue weighted by molar-refractivity contribution is 7.16. The van der Waals surface area contributed by atoms with Gasteiger partial charge >= 0.3 is 0 Å². The molecule has 0 spiro atoms. The van der Waals surface area contributed by atoms with Crippen molar-refractivity contribution in [1.82, 2.24) is 4.90 Å². The van der Waals surface area contributed by atoms with Gasteiger partial charge < -0.3 is 9.84 Å². The number of aliphatic hydroxyl groups is 1. The van der Waals surface area contributed by atoms with E-state index in [1.807, 2.05) is 43.3 Å². The average molecular weight is 352 g/mol. The first-order valence-corrected chi connectivity index (χ1v) is 8.63. The Morgan fingerprint density at radius 1 is 1.39 bits per heavy atom. The summed E-state index contributed by atoms with van der Waals surface area (Å²) in [6, 6.07) is 9.75. The standard InChI is InChI=1S/C18H22ClNO2S/c1-4-9-20(11-14-6-8-18(19)23-14)12-16(21)15-10-13(2)5-7-17(15)22-3/h4-8,10,16,21H,1,9,11-12H2,2-3H3. The zero-order valence-electron chi connectivity index (χ0n) is 13.5. The maximum Gasteiger partial charge on any atom is 0.124 e. The highest BCUT2D eigenvalue weighted by Gasteiger charge is 2.17. The van der Waals surface area contributed by atoms with Gasteiger partial charge in [0.1, 0.15) is 5.75 Å². The van der Waals surface area contributed by atoms with Crippen LogP contribution in [0.5, 0.6) is 5.75 Å². The van der Waals surface area contributed by atoms with Crippen molar-refractivity contribution in [1.29, 1.82) is 0 Å². The average Bonchev–Trinajstić information content (AvgIpc) is 2.92. The largest absolute Gasteiger partial charge is 0.496 e. The lowest BCUT2D eigenvalue weighted by atomic mass is 10.0. The molecule has 0 aliphatic heterocycles. The molecule has 1 aromatic carbocycles. The summed E-state index contributed by atoms with van der Waals surface area (Å²) in [5.41, 5.74) is 1.91. The number of aliphatic hydroxyl groups excluding tert-OH is 1. The molecule has 0 aliphatic rings. The van der Waals surface area contributed by atoms with Crippen LogP contribution in [0.3, 0.4) is 0 Å². The minimum Gasteiger partial charge on any atom is -0.496 e. The van der Waals surface area contributed by atoms with E-state index in [1.165, 1.54) is 4.88 Å². The number of ether oxygens (including phenoxy) is 1. The number of rotatable bonds is 8. The molecule has 5 heteroatoms. The molecule has 2 rings (SSSR count). The van der Waals surface area contributed by atoms with Crippen LogP contribution >= 0.6 is 22.9 Å². The van der Waals surface area contributed by atoms with Gasteiger partial charge in [0.2, 0.25) is 0 Å². The number of hydrogen-bond acceptors (Lipinski definition) is 4. The lowest BCUT2D eigenvalue weighted by Crippen LogP contribution is -2.28. The molecule has 1 heterocycles. The molecule has 0 radical (unpaired) electrons. The predicted octanol–water partition coefficient (Wildman–Crippen LogP) is 4.44. The Morgan fingerprint density at radius 2 is 2.17 bits per heavy atom. The zero-order valence-corrected chi connectivity index (χ0v) is 15.0. The van der Waals surface area contributed by atoms with E-state index >= 15 is 0 Å². The van der Waals surface area contributed by atoms with Crippen LogP contribution in [0.25, 0.3) is 0 Å². The molecule has 1 aromatic heterocycles. The Morgan fingerprint density at radius 3 is 2.78 bits per heavy atom. The van der Waals surface area contributed by atoms with Gasteiger partial charge in [0.15, 0.2) is 0 Å². The van der Waals surface area contributed by atoms with Crippen LogP contribution in [0.2, 0.25) is 4.34 Å². The number of nitrogens with zero attached hydrogens (tertiary/aromatic N) is 1. The molecule has 1 atom stereocenters. The molecule has 0 aliphatic carbocycles. The number of thiophene rings is 1. The summed E-state index contributed by atoms with van der Waals surface area (Å²) >= 11 is 7.55. The first-order valence-electron chi connectivity index (χ1n) is 7.43. The fourth-order valence-electron chi connectivity index (χ4n) is 2.50. The van der Waals surface area contributed by atoms with E-state index in [1.54, 1.807) is 18.4 Å². The molecule has 0 amide bonds. The molecule has 1 unspecified atom stereocenters. The summed E-state index contributed by atoms with van der Waals surface area (Å²) < 4.78 is 6.15.